The quantitative estimate of drug-likeness (QED) is 0.890. The number of aliphatic hydroxyl groups is 1. The molecular formula is C13H18N4O. The van der Waals surface area contributed by atoms with Gasteiger partial charge in [0.1, 0.15) is 6.10 Å². The van der Waals surface area contributed by atoms with Gasteiger partial charge in [0.25, 0.3) is 0 Å². The molecule has 0 aliphatic heterocycles. The predicted octanol–water partition coefficient (Wildman–Crippen LogP) is 1.54. The Labute approximate surface area is 106 Å². The third-order valence-electron chi connectivity index (χ3n) is 3.48. The average molecular weight is 246 g/mol. The summed E-state index contributed by atoms with van der Waals surface area (Å²) in [5.74, 6) is 0. The van der Waals surface area contributed by atoms with E-state index in [9.17, 15) is 5.11 Å². The molecule has 0 bridgehead atoms. The van der Waals surface area contributed by atoms with Crippen LogP contribution in [0.2, 0.25) is 0 Å². The third kappa shape index (κ3) is 2.06. The summed E-state index contributed by atoms with van der Waals surface area (Å²) in [4.78, 5) is 4.15. The summed E-state index contributed by atoms with van der Waals surface area (Å²) in [5.41, 5.74) is 2.94. The van der Waals surface area contributed by atoms with Gasteiger partial charge in [0.05, 0.1) is 23.9 Å². The number of aromatic nitrogens is 4. The maximum Gasteiger partial charge on any atom is 0.101 e. The van der Waals surface area contributed by atoms with Crippen molar-refractivity contribution in [1.82, 2.24) is 19.3 Å². The van der Waals surface area contributed by atoms with Crippen molar-refractivity contribution in [3.63, 3.8) is 0 Å². The van der Waals surface area contributed by atoms with E-state index >= 15 is 0 Å². The molecule has 2 aromatic rings. The summed E-state index contributed by atoms with van der Waals surface area (Å²) in [5, 5.41) is 14.7. The van der Waals surface area contributed by atoms with Crippen LogP contribution in [0.15, 0.2) is 18.6 Å². The molecule has 1 N–H and O–H groups in total. The first-order valence-electron chi connectivity index (χ1n) is 6.34. The zero-order valence-corrected chi connectivity index (χ0v) is 10.7. The summed E-state index contributed by atoms with van der Waals surface area (Å²) < 4.78 is 3.93. The molecule has 1 unspecified atom stereocenters. The molecule has 0 saturated heterocycles. The highest BCUT2D eigenvalue weighted by Gasteiger charge is 2.27. The SMILES string of the molecule is Cc1cc(CC(O)c2cncn2C2CC2)n(C)n1. The topological polar surface area (TPSA) is 55.9 Å². The van der Waals surface area contributed by atoms with Gasteiger partial charge in [-0.15, -0.1) is 0 Å². The maximum atomic E-state index is 10.4. The molecule has 0 aromatic carbocycles. The van der Waals surface area contributed by atoms with Crippen molar-refractivity contribution in [2.24, 2.45) is 7.05 Å². The van der Waals surface area contributed by atoms with Gasteiger partial charge in [0.15, 0.2) is 0 Å². The van der Waals surface area contributed by atoms with E-state index < -0.39 is 6.10 Å². The predicted molar refractivity (Wildman–Crippen MR) is 67.1 cm³/mol. The molecule has 18 heavy (non-hydrogen) atoms. The maximum absolute atomic E-state index is 10.4. The van der Waals surface area contributed by atoms with Crippen molar-refractivity contribution in [3.8, 4) is 0 Å². The molecule has 1 fully saturated rings. The van der Waals surface area contributed by atoms with E-state index in [1.807, 2.05) is 31.0 Å². The molecular weight excluding hydrogens is 228 g/mol. The Bertz CT molecular complexity index is 553. The second-order valence-electron chi connectivity index (χ2n) is 5.08. The van der Waals surface area contributed by atoms with Crippen LogP contribution in [0.3, 0.4) is 0 Å². The summed E-state index contributed by atoms with van der Waals surface area (Å²) >= 11 is 0. The van der Waals surface area contributed by atoms with Gasteiger partial charge in [0.2, 0.25) is 0 Å². The first-order valence-corrected chi connectivity index (χ1v) is 6.34. The fourth-order valence-electron chi connectivity index (χ4n) is 2.39. The Kier molecular flexibility index (Phi) is 2.70. The Morgan fingerprint density at radius 3 is 2.89 bits per heavy atom. The molecule has 5 nitrogen and oxygen atoms in total. The molecule has 0 amide bonds. The Hall–Kier alpha value is -1.62. The van der Waals surface area contributed by atoms with Crippen LogP contribution in [0.1, 0.15) is 42.1 Å². The van der Waals surface area contributed by atoms with Crippen LogP contribution < -0.4 is 0 Å². The lowest BCUT2D eigenvalue weighted by molar-refractivity contribution is 0.166. The molecule has 1 aliphatic carbocycles. The van der Waals surface area contributed by atoms with Gasteiger partial charge in [0, 0.05) is 25.2 Å². The number of aryl methyl sites for hydroxylation is 2. The fraction of sp³-hybridized carbons (Fsp3) is 0.538. The minimum Gasteiger partial charge on any atom is -0.386 e. The van der Waals surface area contributed by atoms with E-state index in [0.717, 1.165) is 17.1 Å². The lowest BCUT2D eigenvalue weighted by Crippen LogP contribution is -2.10. The third-order valence-corrected chi connectivity index (χ3v) is 3.48. The number of hydrogen-bond donors (Lipinski definition) is 1. The van der Waals surface area contributed by atoms with E-state index in [4.69, 9.17) is 0 Å². The van der Waals surface area contributed by atoms with Crippen LogP contribution in [0.4, 0.5) is 0 Å². The van der Waals surface area contributed by atoms with Crippen LogP contribution in [0.5, 0.6) is 0 Å². The molecule has 3 rings (SSSR count). The molecule has 2 aromatic heterocycles. The molecule has 1 aliphatic rings. The highest BCUT2D eigenvalue weighted by Crippen LogP contribution is 2.37. The molecule has 96 valence electrons. The van der Waals surface area contributed by atoms with E-state index in [0.29, 0.717) is 12.5 Å². The molecule has 5 heteroatoms. The lowest BCUT2D eigenvalue weighted by Gasteiger charge is -2.13. The molecule has 1 atom stereocenters. The van der Waals surface area contributed by atoms with Gasteiger partial charge in [-0.2, -0.15) is 5.10 Å². The van der Waals surface area contributed by atoms with Gasteiger partial charge < -0.3 is 9.67 Å². The van der Waals surface area contributed by atoms with E-state index in [1.54, 1.807) is 6.20 Å². The highest BCUT2D eigenvalue weighted by molar-refractivity contribution is 5.14. The molecule has 2 heterocycles. The van der Waals surface area contributed by atoms with Crippen molar-refractivity contribution in [2.75, 3.05) is 0 Å². The molecule has 0 spiro atoms. The lowest BCUT2D eigenvalue weighted by atomic mass is 10.1. The zero-order chi connectivity index (χ0) is 12.7. The summed E-state index contributed by atoms with van der Waals surface area (Å²) in [6, 6.07) is 2.56. The average Bonchev–Trinajstić information content (AvgIpc) is 2.96. The van der Waals surface area contributed by atoms with Gasteiger partial charge in [-0.1, -0.05) is 0 Å². The standard InChI is InChI=1S/C13H18N4O/c1-9-5-11(16(2)15-9)6-13(18)12-7-14-8-17(12)10-3-4-10/h5,7-8,10,13,18H,3-4,6H2,1-2H3. The number of hydrogen-bond acceptors (Lipinski definition) is 3. The van der Waals surface area contributed by atoms with Gasteiger partial charge in [-0.05, 0) is 25.8 Å². The van der Waals surface area contributed by atoms with Gasteiger partial charge in [-0.3, -0.25) is 4.68 Å². The van der Waals surface area contributed by atoms with Crippen LogP contribution in [-0.4, -0.2) is 24.4 Å². The van der Waals surface area contributed by atoms with Crippen LogP contribution in [0, 0.1) is 6.92 Å². The van der Waals surface area contributed by atoms with Crippen molar-refractivity contribution < 1.29 is 5.11 Å². The normalized spacial score (nSPS) is 17.1. The first-order chi connectivity index (χ1) is 8.65. The van der Waals surface area contributed by atoms with E-state index in [2.05, 4.69) is 14.6 Å². The number of aliphatic hydroxyl groups excluding tert-OH is 1. The Balaban J connectivity index is 1.80. The number of rotatable bonds is 4. The van der Waals surface area contributed by atoms with E-state index in [1.165, 1.54) is 12.8 Å². The minimum atomic E-state index is -0.511. The van der Waals surface area contributed by atoms with Crippen molar-refractivity contribution in [1.29, 1.82) is 0 Å². The smallest absolute Gasteiger partial charge is 0.101 e. The zero-order valence-electron chi connectivity index (χ0n) is 10.7. The second kappa shape index (κ2) is 4.24. The van der Waals surface area contributed by atoms with Gasteiger partial charge >= 0.3 is 0 Å². The summed E-state index contributed by atoms with van der Waals surface area (Å²) in [6.07, 6.45) is 6.05. The molecule has 0 radical (unpaired) electrons. The first kappa shape index (κ1) is 11.5. The second-order valence-corrected chi connectivity index (χ2v) is 5.08. The highest BCUT2D eigenvalue weighted by atomic mass is 16.3. The number of nitrogens with zero attached hydrogens (tertiary/aromatic N) is 4. The monoisotopic (exact) mass is 246 g/mol. The van der Waals surface area contributed by atoms with Crippen LogP contribution >= 0.6 is 0 Å². The van der Waals surface area contributed by atoms with Crippen LogP contribution in [0.25, 0.3) is 0 Å². The number of imidazole rings is 1. The van der Waals surface area contributed by atoms with Crippen LogP contribution in [-0.2, 0) is 13.5 Å². The Morgan fingerprint density at radius 2 is 2.28 bits per heavy atom. The molecule has 1 saturated carbocycles. The van der Waals surface area contributed by atoms with Crippen molar-refractivity contribution in [3.05, 3.63) is 35.7 Å². The minimum absolute atomic E-state index is 0.511. The van der Waals surface area contributed by atoms with Gasteiger partial charge in [-0.25, -0.2) is 4.98 Å². The summed E-state index contributed by atoms with van der Waals surface area (Å²) in [7, 11) is 1.91. The largest absolute Gasteiger partial charge is 0.386 e. The fourth-order valence-corrected chi connectivity index (χ4v) is 2.39. The summed E-state index contributed by atoms with van der Waals surface area (Å²) in [6.45, 7) is 1.96. The Morgan fingerprint density at radius 1 is 1.50 bits per heavy atom. The van der Waals surface area contributed by atoms with E-state index in [-0.39, 0.29) is 0 Å². The van der Waals surface area contributed by atoms with Crippen molar-refractivity contribution >= 4 is 0 Å². The van der Waals surface area contributed by atoms with Crippen molar-refractivity contribution in [2.45, 2.75) is 38.3 Å².